The highest BCUT2D eigenvalue weighted by Gasteiger charge is 2.32. The summed E-state index contributed by atoms with van der Waals surface area (Å²) in [5, 5.41) is 14.9. The van der Waals surface area contributed by atoms with Gasteiger partial charge in [-0.15, -0.1) is 0 Å². The summed E-state index contributed by atoms with van der Waals surface area (Å²) in [7, 11) is 0. The van der Waals surface area contributed by atoms with Crippen molar-refractivity contribution in [1.82, 2.24) is 10.6 Å². The number of ether oxygens (including phenoxy) is 1. The Morgan fingerprint density at radius 1 is 1.03 bits per heavy atom. The fraction of sp³-hybridized carbons (Fsp3) is 0.444. The summed E-state index contributed by atoms with van der Waals surface area (Å²) in [6.07, 6.45) is 3.32. The van der Waals surface area contributed by atoms with Gasteiger partial charge in [0.2, 0.25) is 5.91 Å². The summed E-state index contributed by atoms with van der Waals surface area (Å²) in [4.78, 5) is 36.6. The first-order valence-corrected chi connectivity index (χ1v) is 12.1. The second-order valence-electron chi connectivity index (χ2n) is 9.22. The van der Waals surface area contributed by atoms with E-state index in [-0.39, 0.29) is 30.4 Å². The number of alkyl carbamates (subject to hydrolysis) is 1. The number of carbonyl (C=O) groups is 3. The molecule has 180 valence electrons. The molecule has 2 aromatic carbocycles. The van der Waals surface area contributed by atoms with Crippen molar-refractivity contribution in [1.29, 1.82) is 0 Å². The molecule has 1 unspecified atom stereocenters. The predicted molar refractivity (Wildman–Crippen MR) is 128 cm³/mol. The first-order valence-electron chi connectivity index (χ1n) is 12.1. The topological polar surface area (TPSA) is 105 Å². The molecule has 2 aliphatic rings. The molecule has 3 atom stereocenters. The van der Waals surface area contributed by atoms with Crippen LogP contribution in [0.1, 0.15) is 62.5 Å². The second-order valence-corrected chi connectivity index (χ2v) is 9.22. The van der Waals surface area contributed by atoms with Gasteiger partial charge in [-0.1, -0.05) is 68.3 Å². The van der Waals surface area contributed by atoms with Gasteiger partial charge in [0.05, 0.1) is 0 Å². The molecule has 3 N–H and O–H groups in total. The molecule has 0 heterocycles. The lowest BCUT2D eigenvalue weighted by atomic mass is 9.85. The highest BCUT2D eigenvalue weighted by Crippen LogP contribution is 2.44. The molecule has 34 heavy (non-hydrogen) atoms. The first-order chi connectivity index (χ1) is 16.5. The van der Waals surface area contributed by atoms with Gasteiger partial charge in [-0.2, -0.15) is 0 Å². The van der Waals surface area contributed by atoms with Crippen LogP contribution in [-0.2, 0) is 14.3 Å². The summed E-state index contributed by atoms with van der Waals surface area (Å²) >= 11 is 0. The Morgan fingerprint density at radius 2 is 1.68 bits per heavy atom. The van der Waals surface area contributed by atoms with Crippen LogP contribution >= 0.6 is 0 Å². The Bertz CT molecular complexity index is 1010. The van der Waals surface area contributed by atoms with Crippen LogP contribution in [0.15, 0.2) is 48.5 Å². The third-order valence-electron chi connectivity index (χ3n) is 6.90. The number of carboxylic acids is 1. The van der Waals surface area contributed by atoms with Crippen molar-refractivity contribution >= 4 is 18.0 Å². The highest BCUT2D eigenvalue weighted by molar-refractivity contribution is 5.85. The maximum absolute atomic E-state index is 12.6. The summed E-state index contributed by atoms with van der Waals surface area (Å²) in [6, 6.07) is 15.3. The van der Waals surface area contributed by atoms with E-state index in [9.17, 15) is 19.5 Å². The van der Waals surface area contributed by atoms with E-state index in [4.69, 9.17) is 4.74 Å². The molecule has 1 fully saturated rings. The molecule has 1 saturated carbocycles. The number of hydrogen-bond acceptors (Lipinski definition) is 4. The number of carbonyl (C=O) groups excluding carboxylic acids is 2. The van der Waals surface area contributed by atoms with Crippen LogP contribution in [0.3, 0.4) is 0 Å². The van der Waals surface area contributed by atoms with Gasteiger partial charge in [-0.3, -0.25) is 4.79 Å². The summed E-state index contributed by atoms with van der Waals surface area (Å²) < 4.78 is 5.64. The van der Waals surface area contributed by atoms with Crippen molar-refractivity contribution in [3.8, 4) is 11.1 Å². The van der Waals surface area contributed by atoms with Crippen molar-refractivity contribution in [3.05, 3.63) is 59.7 Å². The number of fused-ring (bicyclic) bond motifs is 3. The van der Waals surface area contributed by atoms with Crippen LogP contribution in [0.5, 0.6) is 0 Å². The molecule has 2 amide bonds. The predicted octanol–water partition coefficient (Wildman–Crippen LogP) is 4.45. The Morgan fingerprint density at radius 3 is 2.29 bits per heavy atom. The molecule has 0 spiro atoms. The van der Waals surface area contributed by atoms with Crippen LogP contribution in [-0.4, -0.2) is 41.8 Å². The molecule has 2 aliphatic carbocycles. The molecule has 0 bridgehead atoms. The van der Waals surface area contributed by atoms with Crippen LogP contribution in [0.25, 0.3) is 11.1 Å². The van der Waals surface area contributed by atoms with Crippen molar-refractivity contribution in [2.75, 3.05) is 6.61 Å². The van der Waals surface area contributed by atoms with E-state index in [0.717, 1.165) is 24.0 Å². The zero-order chi connectivity index (χ0) is 24.1. The van der Waals surface area contributed by atoms with E-state index < -0.39 is 18.1 Å². The number of benzene rings is 2. The Labute approximate surface area is 199 Å². The SMILES string of the molecule is CCCC(NC(=O)[C@@H]1CCC[C@H](NC(=O)OCC2c3ccccc3-c3ccccc32)C1)C(=O)O. The second kappa shape index (κ2) is 10.7. The molecule has 2 aromatic rings. The van der Waals surface area contributed by atoms with Gasteiger partial charge in [-0.25, -0.2) is 9.59 Å². The lowest BCUT2D eigenvalue weighted by Gasteiger charge is -2.29. The third kappa shape index (κ3) is 5.24. The quantitative estimate of drug-likeness (QED) is 0.535. The van der Waals surface area contributed by atoms with E-state index in [2.05, 4.69) is 34.9 Å². The van der Waals surface area contributed by atoms with Crippen LogP contribution in [0.4, 0.5) is 4.79 Å². The molecule has 0 radical (unpaired) electrons. The number of aliphatic carboxylic acids is 1. The van der Waals surface area contributed by atoms with Gasteiger partial charge in [-0.05, 0) is 47.9 Å². The minimum atomic E-state index is -1.01. The van der Waals surface area contributed by atoms with E-state index >= 15 is 0 Å². The van der Waals surface area contributed by atoms with Crippen molar-refractivity contribution in [3.63, 3.8) is 0 Å². The maximum Gasteiger partial charge on any atom is 0.407 e. The number of nitrogens with one attached hydrogen (secondary N) is 2. The molecular formula is C27H32N2O5. The minimum absolute atomic E-state index is 0.00505. The normalized spacial score (nSPS) is 20.0. The first kappa shape index (κ1) is 23.8. The van der Waals surface area contributed by atoms with E-state index in [1.165, 1.54) is 11.1 Å². The zero-order valence-electron chi connectivity index (χ0n) is 19.5. The number of hydrogen-bond donors (Lipinski definition) is 3. The lowest BCUT2D eigenvalue weighted by molar-refractivity contribution is -0.142. The average molecular weight is 465 g/mol. The number of amides is 2. The fourth-order valence-electron chi connectivity index (χ4n) is 5.20. The van der Waals surface area contributed by atoms with Crippen molar-refractivity contribution in [2.24, 2.45) is 5.92 Å². The van der Waals surface area contributed by atoms with Gasteiger partial charge in [0.1, 0.15) is 12.6 Å². The average Bonchev–Trinajstić information content (AvgIpc) is 3.16. The van der Waals surface area contributed by atoms with Crippen molar-refractivity contribution < 1.29 is 24.2 Å². The van der Waals surface area contributed by atoms with Gasteiger partial charge in [0.15, 0.2) is 0 Å². The number of carboxylic acid groups (broad SMARTS) is 1. The molecular weight excluding hydrogens is 432 g/mol. The molecule has 4 rings (SSSR count). The smallest absolute Gasteiger partial charge is 0.407 e. The van der Waals surface area contributed by atoms with E-state index in [1.807, 2.05) is 31.2 Å². The van der Waals surface area contributed by atoms with Crippen LogP contribution in [0, 0.1) is 5.92 Å². The van der Waals surface area contributed by atoms with E-state index in [0.29, 0.717) is 25.7 Å². The lowest BCUT2D eigenvalue weighted by Crippen LogP contribution is -2.47. The van der Waals surface area contributed by atoms with Crippen LogP contribution in [0.2, 0.25) is 0 Å². The van der Waals surface area contributed by atoms with Crippen molar-refractivity contribution in [2.45, 2.75) is 63.5 Å². The van der Waals surface area contributed by atoms with Gasteiger partial charge < -0.3 is 20.5 Å². The van der Waals surface area contributed by atoms with E-state index in [1.54, 1.807) is 0 Å². The molecule has 0 aromatic heterocycles. The molecule has 7 nitrogen and oxygen atoms in total. The van der Waals surface area contributed by atoms with Gasteiger partial charge in [0.25, 0.3) is 0 Å². The summed E-state index contributed by atoms with van der Waals surface area (Å²) in [5.74, 6) is -1.58. The maximum atomic E-state index is 12.6. The fourth-order valence-corrected chi connectivity index (χ4v) is 5.20. The standard InChI is InChI=1S/C27H32N2O5/c1-2-8-24(26(31)32)29-25(30)17-9-7-10-18(15-17)28-27(33)34-16-23-21-13-5-3-11-19(21)20-12-4-6-14-22(20)23/h3-6,11-14,17-18,23-24H,2,7-10,15-16H2,1H3,(H,28,33)(H,29,30)(H,31,32)/t17-,18+,24?/m1/s1. The molecule has 0 aliphatic heterocycles. The Hall–Kier alpha value is -3.35. The third-order valence-corrected chi connectivity index (χ3v) is 6.90. The van der Waals surface area contributed by atoms with Gasteiger partial charge >= 0.3 is 12.1 Å². The minimum Gasteiger partial charge on any atom is -0.480 e. The van der Waals surface area contributed by atoms with Gasteiger partial charge in [0, 0.05) is 17.9 Å². The van der Waals surface area contributed by atoms with Crippen LogP contribution < -0.4 is 10.6 Å². The molecule has 7 heteroatoms. The zero-order valence-corrected chi connectivity index (χ0v) is 19.5. The highest BCUT2D eigenvalue weighted by atomic mass is 16.5. The monoisotopic (exact) mass is 464 g/mol. The summed E-state index contributed by atoms with van der Waals surface area (Å²) in [5.41, 5.74) is 4.67. The molecule has 0 saturated heterocycles. The largest absolute Gasteiger partial charge is 0.480 e. The summed E-state index contributed by atoms with van der Waals surface area (Å²) in [6.45, 7) is 2.13. The Kier molecular flexibility index (Phi) is 7.50. The Balaban J connectivity index is 1.31. The number of rotatable bonds is 8.